The molecule has 0 radical (unpaired) electrons. The quantitative estimate of drug-likeness (QED) is 0.633. The second-order valence-electron chi connectivity index (χ2n) is 7.86. The van der Waals surface area contributed by atoms with Gasteiger partial charge in [0, 0.05) is 32.4 Å². The van der Waals surface area contributed by atoms with E-state index in [0.29, 0.717) is 43.5 Å². The summed E-state index contributed by atoms with van der Waals surface area (Å²) in [6, 6.07) is 11.5. The van der Waals surface area contributed by atoms with Crippen LogP contribution in [0.15, 0.2) is 42.6 Å². The number of rotatable bonds is 7. The Bertz CT molecular complexity index is 865. The van der Waals surface area contributed by atoms with Crippen LogP contribution in [0.5, 0.6) is 5.75 Å². The molecule has 0 bridgehead atoms. The second-order valence-corrected chi connectivity index (χ2v) is 7.86. The van der Waals surface area contributed by atoms with Gasteiger partial charge in [-0.1, -0.05) is 26.0 Å². The normalized spacial score (nSPS) is 14.3. The molecule has 1 aliphatic heterocycles. The Morgan fingerprint density at radius 2 is 1.81 bits per heavy atom. The average molecular weight is 426 g/mol. The first-order valence-electron chi connectivity index (χ1n) is 10.9. The van der Waals surface area contributed by atoms with Crippen LogP contribution in [0.25, 0.3) is 0 Å². The summed E-state index contributed by atoms with van der Waals surface area (Å²) in [7, 11) is 0. The van der Waals surface area contributed by atoms with Gasteiger partial charge in [-0.15, -0.1) is 0 Å². The van der Waals surface area contributed by atoms with Crippen LogP contribution in [-0.4, -0.2) is 61.2 Å². The SMILES string of the molecule is CCOC(=O)c1ccc(N2CCCN(C(=O)COc3ccc(C(C)C)cc3)CC2)nc1. The fourth-order valence-electron chi connectivity index (χ4n) is 3.49. The van der Waals surface area contributed by atoms with Crippen molar-refractivity contribution in [3.63, 3.8) is 0 Å². The maximum atomic E-state index is 12.6. The Labute approximate surface area is 184 Å². The van der Waals surface area contributed by atoms with Crippen LogP contribution >= 0.6 is 0 Å². The van der Waals surface area contributed by atoms with E-state index in [1.165, 1.54) is 5.56 Å². The summed E-state index contributed by atoms with van der Waals surface area (Å²) in [6.07, 6.45) is 2.38. The van der Waals surface area contributed by atoms with Gasteiger partial charge in [-0.2, -0.15) is 0 Å². The van der Waals surface area contributed by atoms with E-state index in [1.807, 2.05) is 35.2 Å². The van der Waals surface area contributed by atoms with E-state index >= 15 is 0 Å². The third-order valence-electron chi connectivity index (χ3n) is 5.34. The van der Waals surface area contributed by atoms with E-state index in [0.717, 1.165) is 18.8 Å². The first-order valence-corrected chi connectivity index (χ1v) is 10.9. The van der Waals surface area contributed by atoms with E-state index in [1.54, 1.807) is 19.2 Å². The van der Waals surface area contributed by atoms with Crippen molar-refractivity contribution in [1.29, 1.82) is 0 Å². The van der Waals surface area contributed by atoms with Gasteiger partial charge in [0.2, 0.25) is 0 Å². The van der Waals surface area contributed by atoms with Gasteiger partial charge in [0.15, 0.2) is 6.61 Å². The number of anilines is 1. The average Bonchev–Trinajstić information content (AvgIpc) is 3.04. The topological polar surface area (TPSA) is 72.0 Å². The molecule has 0 saturated carbocycles. The molecule has 1 aliphatic rings. The Morgan fingerprint density at radius 1 is 1.03 bits per heavy atom. The highest BCUT2D eigenvalue weighted by atomic mass is 16.5. The molecule has 7 nitrogen and oxygen atoms in total. The summed E-state index contributed by atoms with van der Waals surface area (Å²) in [5, 5.41) is 0. The lowest BCUT2D eigenvalue weighted by Crippen LogP contribution is -2.38. The number of ether oxygens (including phenoxy) is 2. The molecule has 1 aromatic carbocycles. The zero-order chi connectivity index (χ0) is 22.2. The molecule has 2 aromatic rings. The number of hydrogen-bond donors (Lipinski definition) is 0. The molecule has 0 spiro atoms. The zero-order valence-electron chi connectivity index (χ0n) is 18.5. The summed E-state index contributed by atoms with van der Waals surface area (Å²) < 4.78 is 10.7. The lowest BCUT2D eigenvalue weighted by atomic mass is 10.0. The lowest BCUT2D eigenvalue weighted by Gasteiger charge is -2.23. The predicted molar refractivity (Wildman–Crippen MR) is 120 cm³/mol. The Kier molecular flexibility index (Phi) is 7.87. The molecule has 0 N–H and O–H groups in total. The Balaban J connectivity index is 1.51. The maximum Gasteiger partial charge on any atom is 0.339 e. The van der Waals surface area contributed by atoms with Crippen molar-refractivity contribution in [3.05, 3.63) is 53.7 Å². The third-order valence-corrected chi connectivity index (χ3v) is 5.34. The highest BCUT2D eigenvalue weighted by Crippen LogP contribution is 2.19. The number of nitrogens with zero attached hydrogens (tertiary/aromatic N) is 3. The maximum absolute atomic E-state index is 12.6. The Morgan fingerprint density at radius 3 is 2.45 bits per heavy atom. The van der Waals surface area contributed by atoms with Crippen molar-refractivity contribution < 1.29 is 19.1 Å². The molecule has 1 fully saturated rings. The minimum absolute atomic E-state index is 0.0135. The monoisotopic (exact) mass is 425 g/mol. The minimum Gasteiger partial charge on any atom is -0.484 e. The lowest BCUT2D eigenvalue weighted by molar-refractivity contribution is -0.133. The van der Waals surface area contributed by atoms with Gasteiger partial charge in [0.05, 0.1) is 12.2 Å². The molecule has 1 amide bonds. The molecule has 0 aliphatic carbocycles. The molecule has 7 heteroatoms. The van der Waals surface area contributed by atoms with Crippen molar-refractivity contribution in [3.8, 4) is 5.75 Å². The summed E-state index contributed by atoms with van der Waals surface area (Å²) in [5.41, 5.74) is 1.69. The van der Waals surface area contributed by atoms with Crippen molar-refractivity contribution in [2.24, 2.45) is 0 Å². The van der Waals surface area contributed by atoms with E-state index in [-0.39, 0.29) is 18.5 Å². The second kappa shape index (κ2) is 10.8. The zero-order valence-corrected chi connectivity index (χ0v) is 18.5. The summed E-state index contributed by atoms with van der Waals surface area (Å²) in [4.78, 5) is 32.8. The van der Waals surface area contributed by atoms with Gasteiger partial charge in [-0.05, 0) is 49.1 Å². The Hall–Kier alpha value is -3.09. The van der Waals surface area contributed by atoms with Gasteiger partial charge >= 0.3 is 5.97 Å². The number of benzene rings is 1. The number of hydrogen-bond acceptors (Lipinski definition) is 6. The van der Waals surface area contributed by atoms with Crippen LogP contribution in [0.2, 0.25) is 0 Å². The number of pyridine rings is 1. The highest BCUT2D eigenvalue weighted by Gasteiger charge is 2.20. The van der Waals surface area contributed by atoms with E-state index < -0.39 is 0 Å². The number of aromatic nitrogens is 1. The molecule has 2 heterocycles. The molecule has 31 heavy (non-hydrogen) atoms. The van der Waals surface area contributed by atoms with Crippen molar-refractivity contribution >= 4 is 17.7 Å². The third kappa shape index (κ3) is 6.20. The summed E-state index contributed by atoms with van der Waals surface area (Å²) in [6.45, 7) is 9.21. The number of carbonyl (C=O) groups is 2. The van der Waals surface area contributed by atoms with Gasteiger partial charge in [0.25, 0.3) is 5.91 Å². The summed E-state index contributed by atoms with van der Waals surface area (Å²) in [5.74, 6) is 1.59. The molecule has 3 rings (SSSR count). The molecule has 1 aromatic heterocycles. The predicted octanol–water partition coefficient (Wildman–Crippen LogP) is 3.50. The van der Waals surface area contributed by atoms with Crippen LogP contribution < -0.4 is 9.64 Å². The van der Waals surface area contributed by atoms with Gasteiger partial charge in [0.1, 0.15) is 11.6 Å². The largest absolute Gasteiger partial charge is 0.484 e. The minimum atomic E-state index is -0.368. The van der Waals surface area contributed by atoms with Gasteiger partial charge in [-0.3, -0.25) is 4.79 Å². The molecule has 1 saturated heterocycles. The van der Waals surface area contributed by atoms with Gasteiger partial charge in [-0.25, -0.2) is 9.78 Å². The van der Waals surface area contributed by atoms with Crippen LogP contribution in [-0.2, 0) is 9.53 Å². The van der Waals surface area contributed by atoms with Crippen LogP contribution in [0.4, 0.5) is 5.82 Å². The number of esters is 1. The smallest absolute Gasteiger partial charge is 0.339 e. The van der Waals surface area contributed by atoms with Crippen LogP contribution in [0.3, 0.4) is 0 Å². The first-order chi connectivity index (χ1) is 15.0. The fourth-order valence-corrected chi connectivity index (χ4v) is 3.49. The first kappa shape index (κ1) is 22.6. The molecular weight excluding hydrogens is 394 g/mol. The van der Waals surface area contributed by atoms with Crippen molar-refractivity contribution in [1.82, 2.24) is 9.88 Å². The van der Waals surface area contributed by atoms with E-state index in [9.17, 15) is 9.59 Å². The molecule has 0 unspecified atom stereocenters. The van der Waals surface area contributed by atoms with Crippen molar-refractivity contribution in [2.75, 3.05) is 44.3 Å². The fraction of sp³-hybridized carbons (Fsp3) is 0.458. The molecule has 166 valence electrons. The standard InChI is InChI=1S/C24H31N3O4/c1-4-30-24(29)20-8-11-22(25-16-20)26-12-5-13-27(15-14-26)23(28)17-31-21-9-6-19(7-10-21)18(2)3/h6-11,16,18H,4-5,12-15,17H2,1-3H3. The van der Waals surface area contributed by atoms with E-state index in [2.05, 4.69) is 23.7 Å². The summed E-state index contributed by atoms with van der Waals surface area (Å²) >= 11 is 0. The van der Waals surface area contributed by atoms with Crippen LogP contribution in [0.1, 0.15) is 49.0 Å². The highest BCUT2D eigenvalue weighted by molar-refractivity contribution is 5.89. The molecular formula is C24H31N3O4. The number of carbonyl (C=O) groups excluding carboxylic acids is 2. The van der Waals surface area contributed by atoms with Crippen molar-refractivity contribution in [2.45, 2.75) is 33.1 Å². The van der Waals surface area contributed by atoms with Gasteiger partial charge < -0.3 is 19.3 Å². The molecule has 0 atom stereocenters. The number of amides is 1. The van der Waals surface area contributed by atoms with Crippen LogP contribution in [0, 0.1) is 0 Å². The van der Waals surface area contributed by atoms with E-state index in [4.69, 9.17) is 9.47 Å².